The van der Waals surface area contributed by atoms with E-state index in [-0.39, 0.29) is 11.7 Å². The Hall–Kier alpha value is -0.550. The SMILES string of the molecule is Cc1ccc(P(O)(O)(O)C(O)CCO)cc1. The fraction of sp³-hybridized carbons (Fsp3) is 0.400. The van der Waals surface area contributed by atoms with Crippen molar-refractivity contribution in [2.75, 3.05) is 6.61 Å². The monoisotopic (exact) mass is 248 g/mol. The third-order valence-electron chi connectivity index (χ3n) is 2.47. The van der Waals surface area contributed by atoms with E-state index in [0.29, 0.717) is 0 Å². The molecule has 0 aliphatic carbocycles. The van der Waals surface area contributed by atoms with Crippen molar-refractivity contribution in [3.05, 3.63) is 29.8 Å². The molecule has 6 heteroatoms. The molecule has 92 valence electrons. The number of hydrogen-bond acceptors (Lipinski definition) is 5. The first kappa shape index (κ1) is 13.5. The Balaban J connectivity index is 3.11. The van der Waals surface area contributed by atoms with E-state index in [4.69, 9.17) is 5.11 Å². The van der Waals surface area contributed by atoms with Crippen LogP contribution in [0.4, 0.5) is 0 Å². The van der Waals surface area contributed by atoms with Crippen molar-refractivity contribution < 1.29 is 24.9 Å². The van der Waals surface area contributed by atoms with Gasteiger partial charge in [0.25, 0.3) is 0 Å². The van der Waals surface area contributed by atoms with Gasteiger partial charge in [-0.15, -0.1) is 0 Å². The van der Waals surface area contributed by atoms with E-state index >= 15 is 0 Å². The van der Waals surface area contributed by atoms with Crippen LogP contribution in [-0.4, -0.2) is 37.3 Å². The number of aliphatic hydroxyl groups excluding tert-OH is 2. The van der Waals surface area contributed by atoms with Gasteiger partial charge in [-0.1, -0.05) is 0 Å². The molecule has 0 saturated heterocycles. The van der Waals surface area contributed by atoms with E-state index < -0.39 is 19.7 Å². The molecule has 0 saturated carbocycles. The standard InChI is InChI=1S/C10H17O5P/c1-8-2-4-9(5-3-8)16(13,14,15)10(12)6-7-11/h2-5,10-15H,6-7H2,1H3. The first-order chi connectivity index (χ1) is 7.26. The van der Waals surface area contributed by atoms with E-state index in [0.717, 1.165) is 5.56 Å². The molecule has 1 aromatic carbocycles. The second kappa shape index (κ2) is 4.37. The molecule has 5 N–H and O–H groups in total. The van der Waals surface area contributed by atoms with Gasteiger partial charge >= 0.3 is 93.1 Å². The van der Waals surface area contributed by atoms with Crippen LogP contribution in [0, 0.1) is 6.92 Å². The summed E-state index contributed by atoms with van der Waals surface area (Å²) in [6.07, 6.45) is -0.296. The summed E-state index contributed by atoms with van der Waals surface area (Å²) in [4.78, 5) is 29.5. The van der Waals surface area contributed by atoms with Gasteiger partial charge in [-0.3, -0.25) is 0 Å². The number of aryl methyl sites for hydroxylation is 1. The molecule has 0 aliphatic rings. The molecule has 0 heterocycles. The fourth-order valence-electron chi connectivity index (χ4n) is 1.36. The molecule has 0 radical (unpaired) electrons. The quantitative estimate of drug-likeness (QED) is 0.467. The molecule has 0 aliphatic heterocycles. The molecule has 1 aromatic rings. The van der Waals surface area contributed by atoms with Crippen LogP contribution < -0.4 is 5.30 Å². The molecule has 1 atom stereocenters. The van der Waals surface area contributed by atoms with E-state index in [2.05, 4.69) is 0 Å². The van der Waals surface area contributed by atoms with E-state index in [1.807, 2.05) is 6.92 Å². The van der Waals surface area contributed by atoms with Crippen LogP contribution in [0.3, 0.4) is 0 Å². The van der Waals surface area contributed by atoms with Crippen molar-refractivity contribution in [2.24, 2.45) is 0 Å². The predicted molar refractivity (Wildman–Crippen MR) is 62.1 cm³/mol. The summed E-state index contributed by atoms with van der Waals surface area (Å²) in [5.41, 5.74) is 0.896. The molecule has 0 aromatic heterocycles. The first-order valence-corrected chi connectivity index (χ1v) is 7.05. The molecule has 1 rings (SSSR count). The van der Waals surface area contributed by atoms with Gasteiger partial charge in [-0.2, -0.15) is 0 Å². The van der Waals surface area contributed by atoms with Crippen molar-refractivity contribution >= 4 is 12.6 Å². The summed E-state index contributed by atoms with van der Waals surface area (Å²) < 4.78 is 0. The zero-order chi connectivity index (χ0) is 12.4. The molecule has 1 unspecified atom stereocenters. The van der Waals surface area contributed by atoms with Crippen molar-refractivity contribution in [2.45, 2.75) is 19.2 Å². The maximum absolute atomic E-state index is 9.82. The van der Waals surface area contributed by atoms with Crippen molar-refractivity contribution in [3.8, 4) is 0 Å². The van der Waals surface area contributed by atoms with E-state index in [1.165, 1.54) is 12.1 Å². The Morgan fingerprint density at radius 3 is 2.06 bits per heavy atom. The summed E-state index contributed by atoms with van der Waals surface area (Å²) >= 11 is 0. The second-order valence-corrected chi connectivity index (χ2v) is 7.07. The number of hydrogen-bond donors (Lipinski definition) is 5. The third kappa shape index (κ3) is 2.58. The Bertz CT molecular complexity index is 354. The van der Waals surface area contributed by atoms with Crippen LogP contribution in [0.2, 0.25) is 0 Å². The molecule has 16 heavy (non-hydrogen) atoms. The zero-order valence-corrected chi connectivity index (χ0v) is 9.88. The molecule has 0 bridgehead atoms. The third-order valence-corrected chi connectivity index (χ3v) is 5.11. The van der Waals surface area contributed by atoms with Gasteiger partial charge < -0.3 is 0 Å². The number of rotatable bonds is 4. The van der Waals surface area contributed by atoms with E-state index in [1.54, 1.807) is 12.1 Å². The number of aliphatic hydroxyl groups is 2. The normalized spacial score (nSPS) is 16.5. The van der Waals surface area contributed by atoms with Gasteiger partial charge in [0.2, 0.25) is 0 Å². The summed E-state index contributed by atoms with van der Waals surface area (Å²) in [5, 5.41) is 18.0. The van der Waals surface area contributed by atoms with Crippen molar-refractivity contribution in [3.63, 3.8) is 0 Å². The maximum atomic E-state index is 9.82. The minimum atomic E-state index is -5.31. The van der Waals surface area contributed by atoms with E-state index in [9.17, 15) is 19.8 Å². The molecule has 0 spiro atoms. The summed E-state index contributed by atoms with van der Waals surface area (Å²) in [5.74, 6) is -1.77. The average Bonchev–Trinajstić information content (AvgIpc) is 2.18. The molecular weight excluding hydrogens is 231 g/mol. The van der Waals surface area contributed by atoms with Gasteiger partial charge in [-0.25, -0.2) is 0 Å². The van der Waals surface area contributed by atoms with Crippen LogP contribution in [-0.2, 0) is 0 Å². The zero-order valence-electron chi connectivity index (χ0n) is 8.98. The van der Waals surface area contributed by atoms with Gasteiger partial charge in [0.15, 0.2) is 0 Å². The summed E-state index contributed by atoms with van der Waals surface area (Å²) in [6, 6.07) is 5.91. The summed E-state index contributed by atoms with van der Waals surface area (Å²) in [7, 11) is -5.31. The predicted octanol–water partition coefficient (Wildman–Crippen LogP) is -0.404. The van der Waals surface area contributed by atoms with Gasteiger partial charge in [0.1, 0.15) is 0 Å². The van der Waals surface area contributed by atoms with Crippen LogP contribution in [0.5, 0.6) is 0 Å². The second-order valence-electron chi connectivity index (χ2n) is 3.87. The topological polar surface area (TPSA) is 101 Å². The van der Waals surface area contributed by atoms with Gasteiger partial charge in [-0.05, 0) is 0 Å². The van der Waals surface area contributed by atoms with Gasteiger partial charge in [0, 0.05) is 0 Å². The van der Waals surface area contributed by atoms with Gasteiger partial charge in [0.05, 0.1) is 0 Å². The summed E-state index contributed by atoms with van der Waals surface area (Å²) in [6.45, 7) is 1.38. The van der Waals surface area contributed by atoms with Crippen LogP contribution in [0.15, 0.2) is 24.3 Å². The Morgan fingerprint density at radius 2 is 1.62 bits per heavy atom. The average molecular weight is 248 g/mol. The van der Waals surface area contributed by atoms with Crippen molar-refractivity contribution in [1.29, 1.82) is 0 Å². The van der Waals surface area contributed by atoms with Crippen LogP contribution in [0.1, 0.15) is 12.0 Å². The molecule has 0 fully saturated rings. The van der Waals surface area contributed by atoms with Crippen LogP contribution >= 0.6 is 7.28 Å². The molecular formula is C10H17O5P. The Morgan fingerprint density at radius 1 is 1.12 bits per heavy atom. The molecule has 5 nitrogen and oxygen atoms in total. The Labute approximate surface area is 93.8 Å². The van der Waals surface area contributed by atoms with Crippen molar-refractivity contribution in [1.82, 2.24) is 0 Å². The van der Waals surface area contributed by atoms with Crippen LogP contribution in [0.25, 0.3) is 0 Å². The Kier molecular flexibility index (Phi) is 3.69. The molecule has 0 amide bonds. The fourth-order valence-corrected chi connectivity index (χ4v) is 3.01. The first-order valence-electron chi connectivity index (χ1n) is 4.89. The number of benzene rings is 1. The minimum absolute atomic E-state index is 0.113.